The van der Waals surface area contributed by atoms with Gasteiger partial charge in [0.15, 0.2) is 0 Å². The smallest absolute Gasteiger partial charge is 0.123 e. The summed E-state index contributed by atoms with van der Waals surface area (Å²) in [5, 5.41) is 12.2. The molecule has 0 fully saturated rings. The summed E-state index contributed by atoms with van der Waals surface area (Å²) < 4.78 is 13.7. The minimum atomic E-state index is -1.31. The number of hydrogen-bond donors (Lipinski definition) is 0. The maximum absolute atomic E-state index is 13.7. The van der Waals surface area contributed by atoms with Crippen LogP contribution in [0.25, 0.3) is 33.3 Å². The molecule has 0 radical (unpaired) electrons. The van der Waals surface area contributed by atoms with E-state index in [1.807, 2.05) is 12.1 Å². The number of hydrogen-bond acceptors (Lipinski definition) is 4. The summed E-state index contributed by atoms with van der Waals surface area (Å²) in [5.41, 5.74) is 6.52. The predicted molar refractivity (Wildman–Crippen MR) is 111 cm³/mol. The van der Waals surface area contributed by atoms with Gasteiger partial charge in [-0.2, -0.15) is 0 Å². The van der Waals surface area contributed by atoms with Crippen LogP contribution in [-0.4, -0.2) is 11.0 Å². The number of thioether (sulfide) groups is 1. The fourth-order valence-electron chi connectivity index (χ4n) is 3.76. The Labute approximate surface area is 171 Å². The Bertz CT molecular complexity index is 1300. The highest BCUT2D eigenvalue weighted by molar-refractivity contribution is 7.98. The Balaban J connectivity index is 1.71. The van der Waals surface area contributed by atoms with Crippen molar-refractivity contribution < 1.29 is 14.3 Å². The van der Waals surface area contributed by atoms with Crippen molar-refractivity contribution in [1.29, 1.82) is 0 Å². The minimum Gasteiger partial charge on any atom is -0.545 e. The van der Waals surface area contributed by atoms with Gasteiger partial charge in [0.2, 0.25) is 0 Å². The summed E-state index contributed by atoms with van der Waals surface area (Å²) in [6.07, 6.45) is 0. The number of aromatic carboxylic acids is 1. The summed E-state index contributed by atoms with van der Waals surface area (Å²) >= 11 is 1.41. The standard InChI is InChI=1S/C24H16FNO2S/c1-13-2-4-14(5-3-13)15-6-8-18-16(10-15)12-29-23-21(24(27)28)19-11-17(25)7-9-20(19)26-22(18)23/h2-11H,12H2,1H3,(H,27,28)/p-1. The molecule has 0 spiro atoms. The quantitative estimate of drug-likeness (QED) is 0.476. The van der Waals surface area contributed by atoms with Gasteiger partial charge in [-0.05, 0) is 47.9 Å². The molecule has 0 atom stereocenters. The number of pyridine rings is 1. The first-order chi connectivity index (χ1) is 14.0. The lowest BCUT2D eigenvalue weighted by Gasteiger charge is -2.23. The number of carbonyl (C=O) groups is 1. The van der Waals surface area contributed by atoms with Gasteiger partial charge >= 0.3 is 0 Å². The minimum absolute atomic E-state index is 0.0164. The second-order valence-electron chi connectivity index (χ2n) is 7.14. The van der Waals surface area contributed by atoms with E-state index in [0.29, 0.717) is 21.9 Å². The molecule has 0 unspecified atom stereocenters. The molecule has 5 heteroatoms. The number of halogens is 1. The Morgan fingerprint density at radius 3 is 2.55 bits per heavy atom. The van der Waals surface area contributed by atoms with Crippen LogP contribution in [0, 0.1) is 12.7 Å². The molecule has 1 aliphatic heterocycles. The van der Waals surface area contributed by atoms with E-state index < -0.39 is 11.8 Å². The van der Waals surface area contributed by atoms with E-state index in [9.17, 15) is 14.3 Å². The fraction of sp³-hybridized carbons (Fsp3) is 0.0833. The lowest BCUT2D eigenvalue weighted by Crippen LogP contribution is -2.24. The molecule has 0 N–H and O–H groups in total. The molecule has 3 aromatic carbocycles. The average Bonchev–Trinajstić information content (AvgIpc) is 2.72. The lowest BCUT2D eigenvalue weighted by atomic mass is 9.95. The van der Waals surface area contributed by atoms with Crippen LogP contribution in [0.5, 0.6) is 0 Å². The number of carboxylic acid groups (broad SMARTS) is 1. The first-order valence-corrected chi connectivity index (χ1v) is 10.2. The molecule has 1 aromatic heterocycles. The van der Waals surface area contributed by atoms with Crippen LogP contribution in [0.2, 0.25) is 0 Å². The number of benzene rings is 3. The lowest BCUT2D eigenvalue weighted by molar-refractivity contribution is -0.255. The van der Waals surface area contributed by atoms with Crippen LogP contribution in [-0.2, 0) is 5.75 Å². The highest BCUT2D eigenvalue weighted by Gasteiger charge is 2.24. The number of rotatable bonds is 2. The number of carboxylic acids is 1. The van der Waals surface area contributed by atoms with Crippen molar-refractivity contribution in [1.82, 2.24) is 4.98 Å². The van der Waals surface area contributed by atoms with Crippen LogP contribution >= 0.6 is 11.8 Å². The van der Waals surface area contributed by atoms with Crippen LogP contribution in [0.3, 0.4) is 0 Å². The van der Waals surface area contributed by atoms with Gasteiger partial charge in [-0.1, -0.05) is 42.0 Å². The van der Waals surface area contributed by atoms with Gasteiger partial charge < -0.3 is 9.90 Å². The van der Waals surface area contributed by atoms with Crippen molar-refractivity contribution in [3.05, 3.63) is 83.2 Å². The Kier molecular flexibility index (Phi) is 4.14. The Morgan fingerprint density at radius 1 is 1.03 bits per heavy atom. The van der Waals surface area contributed by atoms with Crippen LogP contribution in [0.4, 0.5) is 4.39 Å². The number of aromatic nitrogens is 1. The number of aryl methyl sites for hydroxylation is 1. The molecule has 4 aromatic rings. The molecule has 3 nitrogen and oxygen atoms in total. The van der Waals surface area contributed by atoms with Gasteiger partial charge in [0.1, 0.15) is 5.82 Å². The first-order valence-electron chi connectivity index (χ1n) is 9.19. The zero-order valence-corrected chi connectivity index (χ0v) is 16.3. The third-order valence-corrected chi connectivity index (χ3v) is 6.37. The summed E-state index contributed by atoms with van der Waals surface area (Å²) in [4.78, 5) is 17.1. The van der Waals surface area contributed by atoms with E-state index in [-0.39, 0.29) is 10.9 Å². The molecule has 142 valence electrons. The zero-order chi connectivity index (χ0) is 20.1. The first kappa shape index (κ1) is 17.9. The van der Waals surface area contributed by atoms with Gasteiger partial charge in [-0.3, -0.25) is 0 Å². The van der Waals surface area contributed by atoms with Crippen molar-refractivity contribution in [3.8, 4) is 22.4 Å². The van der Waals surface area contributed by atoms with Crippen molar-refractivity contribution in [2.24, 2.45) is 0 Å². The van der Waals surface area contributed by atoms with E-state index in [1.54, 1.807) is 0 Å². The third-order valence-electron chi connectivity index (χ3n) is 5.22. The monoisotopic (exact) mass is 400 g/mol. The van der Waals surface area contributed by atoms with E-state index in [4.69, 9.17) is 0 Å². The Hall–Kier alpha value is -3.18. The second-order valence-corrected chi connectivity index (χ2v) is 8.13. The van der Waals surface area contributed by atoms with Crippen molar-refractivity contribution in [2.45, 2.75) is 17.6 Å². The molecule has 2 heterocycles. The highest BCUT2D eigenvalue weighted by atomic mass is 32.2. The average molecular weight is 400 g/mol. The number of carbonyl (C=O) groups excluding carboxylic acids is 1. The largest absolute Gasteiger partial charge is 0.545 e. The molecule has 0 saturated heterocycles. The van der Waals surface area contributed by atoms with E-state index in [0.717, 1.165) is 22.3 Å². The fourth-order valence-corrected chi connectivity index (χ4v) is 4.93. The molecule has 0 amide bonds. The van der Waals surface area contributed by atoms with Gasteiger partial charge in [0, 0.05) is 27.2 Å². The number of nitrogens with zero attached hydrogens (tertiary/aromatic N) is 1. The van der Waals surface area contributed by atoms with Crippen LogP contribution < -0.4 is 5.11 Å². The van der Waals surface area contributed by atoms with Gasteiger partial charge in [-0.15, -0.1) is 11.8 Å². The molecule has 5 rings (SSSR count). The molecule has 0 bridgehead atoms. The molecule has 0 aliphatic carbocycles. The second kappa shape index (κ2) is 6.71. The van der Waals surface area contributed by atoms with Crippen molar-refractivity contribution in [2.75, 3.05) is 0 Å². The van der Waals surface area contributed by atoms with Crippen LogP contribution in [0.1, 0.15) is 21.5 Å². The number of fused-ring (bicyclic) bond motifs is 4. The van der Waals surface area contributed by atoms with E-state index in [1.165, 1.54) is 35.5 Å². The molecular weight excluding hydrogens is 385 g/mol. The van der Waals surface area contributed by atoms with E-state index in [2.05, 4.69) is 42.2 Å². The normalized spacial score (nSPS) is 12.5. The zero-order valence-electron chi connectivity index (χ0n) is 15.5. The topological polar surface area (TPSA) is 53.0 Å². The summed E-state index contributed by atoms with van der Waals surface area (Å²) in [6, 6.07) is 18.5. The summed E-state index contributed by atoms with van der Waals surface area (Å²) in [5.74, 6) is -1.19. The third kappa shape index (κ3) is 2.98. The molecule has 0 saturated carbocycles. The molecule has 1 aliphatic rings. The van der Waals surface area contributed by atoms with E-state index >= 15 is 0 Å². The van der Waals surface area contributed by atoms with Crippen molar-refractivity contribution >= 4 is 28.6 Å². The van der Waals surface area contributed by atoms with Gasteiger partial charge in [-0.25, -0.2) is 9.37 Å². The molecular formula is C24H15FNO2S-. The maximum Gasteiger partial charge on any atom is 0.123 e. The summed E-state index contributed by atoms with van der Waals surface area (Å²) in [7, 11) is 0. The Morgan fingerprint density at radius 2 is 1.79 bits per heavy atom. The maximum atomic E-state index is 13.7. The summed E-state index contributed by atoms with van der Waals surface area (Å²) in [6.45, 7) is 2.06. The SMILES string of the molecule is Cc1ccc(-c2ccc3c(c2)CSc2c-3nc3ccc(F)cc3c2C(=O)[O-])cc1. The van der Waals surface area contributed by atoms with Gasteiger partial charge in [0.05, 0.1) is 17.2 Å². The van der Waals surface area contributed by atoms with Crippen LogP contribution in [0.15, 0.2) is 65.6 Å². The highest BCUT2D eigenvalue weighted by Crippen LogP contribution is 2.45. The predicted octanol–water partition coefficient (Wildman–Crippen LogP) is 4.99. The van der Waals surface area contributed by atoms with Gasteiger partial charge in [0.25, 0.3) is 0 Å². The van der Waals surface area contributed by atoms with Crippen molar-refractivity contribution in [3.63, 3.8) is 0 Å². The molecule has 29 heavy (non-hydrogen) atoms.